The Morgan fingerprint density at radius 1 is 1.13 bits per heavy atom. The molecule has 3 rings (SSSR count). The van der Waals surface area contributed by atoms with Crippen LogP contribution in [0.15, 0.2) is 6.33 Å². The van der Waals surface area contributed by atoms with E-state index in [1.807, 2.05) is 0 Å². The van der Waals surface area contributed by atoms with Crippen LogP contribution in [0.2, 0.25) is 0 Å². The summed E-state index contributed by atoms with van der Waals surface area (Å²) in [6, 6.07) is 0. The van der Waals surface area contributed by atoms with Gasteiger partial charge in [-0.1, -0.05) is 0 Å². The van der Waals surface area contributed by atoms with Gasteiger partial charge in [0.05, 0.1) is 23.8 Å². The van der Waals surface area contributed by atoms with E-state index in [1.165, 1.54) is 17.8 Å². The summed E-state index contributed by atoms with van der Waals surface area (Å²) in [4.78, 5) is 36.8. The second-order valence-electron chi connectivity index (χ2n) is 11.2. The second-order valence-corrected chi connectivity index (χ2v) is 11.2. The van der Waals surface area contributed by atoms with Crippen LogP contribution < -0.4 is 11.1 Å². The third kappa shape index (κ3) is 6.30. The van der Waals surface area contributed by atoms with E-state index < -0.39 is 53.7 Å². The highest BCUT2D eigenvalue weighted by Gasteiger charge is 2.57. The third-order valence-corrected chi connectivity index (χ3v) is 5.83. The lowest BCUT2D eigenvalue weighted by atomic mass is 9.97. The second kappa shape index (κ2) is 10.9. The standard InChI is InChI=1S/C24H37FN6O7/c1-22(2,3)19(32)36-11-34-9-13-15(35-12-37-20(33)23(4,5)6)24(7,25)18(38-13)31-10-28-14-16(27-8)29-21(26)30-17(14)31/h10,13,15,18H,9,11-12H2,1-8H3,(H3,26,27,29,30)/t13-,15-,18-,24-/m1/s1. The summed E-state index contributed by atoms with van der Waals surface area (Å²) in [7, 11) is 1.65. The van der Waals surface area contributed by atoms with Crippen LogP contribution in [0.5, 0.6) is 0 Å². The summed E-state index contributed by atoms with van der Waals surface area (Å²) in [5, 5.41) is 2.88. The van der Waals surface area contributed by atoms with E-state index in [0.717, 1.165) is 0 Å². The Morgan fingerprint density at radius 3 is 2.32 bits per heavy atom. The number of esters is 2. The minimum absolute atomic E-state index is 0.0374. The fourth-order valence-corrected chi connectivity index (χ4v) is 3.74. The van der Waals surface area contributed by atoms with Gasteiger partial charge in [0, 0.05) is 7.05 Å². The Morgan fingerprint density at radius 2 is 1.74 bits per heavy atom. The molecule has 14 heteroatoms. The van der Waals surface area contributed by atoms with Gasteiger partial charge in [0.2, 0.25) is 5.95 Å². The van der Waals surface area contributed by atoms with E-state index in [9.17, 15) is 9.59 Å². The van der Waals surface area contributed by atoms with E-state index in [-0.39, 0.29) is 25.0 Å². The first-order chi connectivity index (χ1) is 17.6. The quantitative estimate of drug-likeness (QED) is 0.272. The molecule has 0 spiro atoms. The molecule has 1 aliphatic rings. The van der Waals surface area contributed by atoms with Gasteiger partial charge in [0.1, 0.15) is 12.2 Å². The fourth-order valence-electron chi connectivity index (χ4n) is 3.74. The summed E-state index contributed by atoms with van der Waals surface area (Å²) < 4.78 is 45.4. The molecule has 13 nitrogen and oxygen atoms in total. The Kier molecular flexibility index (Phi) is 8.48. The molecule has 2 aromatic heterocycles. The number of anilines is 2. The van der Waals surface area contributed by atoms with Crippen molar-refractivity contribution in [2.75, 3.05) is 38.3 Å². The number of imidazole rings is 1. The Hall–Kier alpha value is -3.10. The molecule has 3 heterocycles. The molecule has 0 unspecified atom stereocenters. The molecule has 0 aromatic carbocycles. The van der Waals surface area contributed by atoms with Crippen molar-refractivity contribution in [1.82, 2.24) is 19.5 Å². The molecule has 1 saturated heterocycles. The van der Waals surface area contributed by atoms with Crippen LogP contribution >= 0.6 is 0 Å². The van der Waals surface area contributed by atoms with Crippen molar-refractivity contribution >= 4 is 34.9 Å². The van der Waals surface area contributed by atoms with Crippen LogP contribution in [0.1, 0.15) is 54.7 Å². The monoisotopic (exact) mass is 540 g/mol. The average Bonchev–Trinajstić information content (AvgIpc) is 3.32. The normalized spacial score (nSPS) is 24.0. The maximum atomic E-state index is 16.4. The minimum Gasteiger partial charge on any atom is -0.438 e. The summed E-state index contributed by atoms with van der Waals surface area (Å²) in [6.45, 7) is 10.4. The number of nitrogens with two attached hydrogens (primary N) is 1. The molecular weight excluding hydrogens is 503 g/mol. The smallest absolute Gasteiger partial charge is 0.313 e. The van der Waals surface area contributed by atoms with Gasteiger partial charge in [-0.05, 0) is 48.5 Å². The molecule has 0 amide bonds. The first-order valence-electron chi connectivity index (χ1n) is 12.1. The van der Waals surface area contributed by atoms with Crippen molar-refractivity contribution in [3.05, 3.63) is 6.33 Å². The predicted octanol–water partition coefficient (Wildman–Crippen LogP) is 2.57. The van der Waals surface area contributed by atoms with Gasteiger partial charge in [0.15, 0.2) is 42.5 Å². The molecule has 0 saturated carbocycles. The number of carbonyl (C=O) groups is 2. The van der Waals surface area contributed by atoms with Crippen molar-refractivity contribution in [3.63, 3.8) is 0 Å². The molecule has 0 radical (unpaired) electrons. The number of ether oxygens (including phenoxy) is 5. The van der Waals surface area contributed by atoms with Gasteiger partial charge in [-0.15, -0.1) is 0 Å². The van der Waals surface area contributed by atoms with Crippen LogP contribution in [0.3, 0.4) is 0 Å². The molecule has 3 N–H and O–H groups in total. The summed E-state index contributed by atoms with van der Waals surface area (Å²) in [5.41, 5.74) is 2.81. The number of fused-ring (bicyclic) bond motifs is 1. The largest absolute Gasteiger partial charge is 0.438 e. The molecule has 1 fully saturated rings. The molecular formula is C24H37FN6O7. The number of carbonyl (C=O) groups excluding carboxylic acids is 2. The predicted molar refractivity (Wildman–Crippen MR) is 134 cm³/mol. The lowest BCUT2D eigenvalue weighted by Gasteiger charge is -2.28. The molecule has 0 aliphatic carbocycles. The van der Waals surface area contributed by atoms with Crippen LogP contribution in [0.4, 0.5) is 16.2 Å². The summed E-state index contributed by atoms with van der Waals surface area (Å²) in [5.74, 6) is -0.637. The van der Waals surface area contributed by atoms with E-state index in [0.29, 0.717) is 11.3 Å². The number of halogens is 1. The van der Waals surface area contributed by atoms with E-state index >= 15 is 4.39 Å². The van der Waals surface area contributed by atoms with Gasteiger partial charge in [-0.3, -0.25) is 14.2 Å². The van der Waals surface area contributed by atoms with Crippen molar-refractivity contribution < 1.29 is 37.7 Å². The van der Waals surface area contributed by atoms with Crippen LogP contribution in [0.25, 0.3) is 11.2 Å². The zero-order valence-electron chi connectivity index (χ0n) is 23.0. The van der Waals surface area contributed by atoms with Gasteiger partial charge >= 0.3 is 11.9 Å². The number of nitrogens with zero attached hydrogens (tertiary/aromatic N) is 4. The lowest BCUT2D eigenvalue weighted by molar-refractivity contribution is -0.182. The minimum atomic E-state index is -2.17. The first kappa shape index (κ1) is 29.5. The van der Waals surface area contributed by atoms with Crippen molar-refractivity contribution in [2.24, 2.45) is 10.8 Å². The first-order valence-corrected chi connectivity index (χ1v) is 12.1. The van der Waals surface area contributed by atoms with Gasteiger partial charge in [-0.2, -0.15) is 9.97 Å². The van der Waals surface area contributed by atoms with Crippen molar-refractivity contribution in [3.8, 4) is 0 Å². The number of aromatic nitrogens is 4. The highest BCUT2D eigenvalue weighted by atomic mass is 19.1. The van der Waals surface area contributed by atoms with Crippen LogP contribution in [-0.2, 0) is 33.3 Å². The number of rotatable bonds is 9. The SMILES string of the molecule is CNc1nc(N)nc2c1ncn2[C@@H]1O[C@H](COCOC(=O)C(C)(C)C)[C@@H](OCOC(=O)C(C)(C)C)[C@@]1(C)F. The highest BCUT2D eigenvalue weighted by molar-refractivity contribution is 5.84. The molecule has 1 aliphatic heterocycles. The van der Waals surface area contributed by atoms with Crippen molar-refractivity contribution in [1.29, 1.82) is 0 Å². The van der Waals surface area contributed by atoms with E-state index in [2.05, 4.69) is 20.3 Å². The van der Waals surface area contributed by atoms with Crippen molar-refractivity contribution in [2.45, 2.75) is 72.6 Å². The van der Waals surface area contributed by atoms with Gasteiger partial charge < -0.3 is 34.7 Å². The van der Waals surface area contributed by atoms with Gasteiger partial charge in [0.25, 0.3) is 0 Å². The molecule has 4 atom stereocenters. The Bertz CT molecular complexity index is 1160. The number of nitrogens with one attached hydrogen (secondary N) is 1. The van der Waals surface area contributed by atoms with E-state index in [4.69, 9.17) is 29.4 Å². The molecule has 38 heavy (non-hydrogen) atoms. The molecule has 212 valence electrons. The van der Waals surface area contributed by atoms with E-state index in [1.54, 1.807) is 48.6 Å². The fraction of sp³-hybridized carbons (Fsp3) is 0.708. The Labute approximate surface area is 220 Å². The zero-order chi connectivity index (χ0) is 28.5. The maximum absolute atomic E-state index is 16.4. The Balaban J connectivity index is 1.83. The van der Waals surface area contributed by atoms with Crippen LogP contribution in [0, 0.1) is 10.8 Å². The molecule has 0 bridgehead atoms. The summed E-state index contributed by atoms with van der Waals surface area (Å²) >= 11 is 0. The summed E-state index contributed by atoms with van der Waals surface area (Å²) in [6.07, 6.45) is -2.11. The van der Waals surface area contributed by atoms with Gasteiger partial charge in [-0.25, -0.2) is 9.37 Å². The zero-order valence-corrected chi connectivity index (χ0v) is 23.0. The highest BCUT2D eigenvalue weighted by Crippen LogP contribution is 2.44. The lowest BCUT2D eigenvalue weighted by Crippen LogP contribution is -2.44. The topological polar surface area (TPSA) is 162 Å². The third-order valence-electron chi connectivity index (χ3n) is 5.83. The number of hydrogen-bond donors (Lipinski definition) is 2. The molecule has 2 aromatic rings. The maximum Gasteiger partial charge on any atom is 0.313 e. The number of hydrogen-bond acceptors (Lipinski definition) is 12. The van der Waals surface area contributed by atoms with Crippen LogP contribution in [-0.4, -0.2) is 76.6 Å². The average molecular weight is 541 g/mol. The number of alkyl halides is 1. The number of nitrogen functional groups attached to an aromatic ring is 1.